The topological polar surface area (TPSA) is 49.0 Å². The van der Waals surface area contributed by atoms with Crippen molar-refractivity contribution in [1.29, 1.82) is 5.26 Å². The standard InChI is InChI=1S/C21H17ClN2O/c1-14-11-16(12-17(13-23)20-5-3-4-6-21(20)22)15(2)24(14)18-7-9-19(25)10-8-18/h3-12,25H,1-2H3. The molecule has 4 heteroatoms. The molecule has 1 heterocycles. The van der Waals surface area contributed by atoms with Gasteiger partial charge in [-0.25, -0.2) is 0 Å². The molecular formula is C21H17ClN2O. The highest BCUT2D eigenvalue weighted by Gasteiger charge is 2.12. The van der Waals surface area contributed by atoms with E-state index >= 15 is 0 Å². The molecule has 2 aromatic carbocycles. The Balaban J connectivity index is 2.10. The molecule has 124 valence electrons. The van der Waals surface area contributed by atoms with Crippen molar-refractivity contribution in [2.75, 3.05) is 0 Å². The molecule has 0 amide bonds. The van der Waals surface area contributed by atoms with Gasteiger partial charge in [0.1, 0.15) is 5.75 Å². The van der Waals surface area contributed by atoms with Crippen LogP contribution in [0.15, 0.2) is 54.6 Å². The van der Waals surface area contributed by atoms with Crippen LogP contribution in [-0.2, 0) is 0 Å². The Morgan fingerprint density at radius 3 is 2.44 bits per heavy atom. The summed E-state index contributed by atoms with van der Waals surface area (Å²) in [5.74, 6) is 0.233. The Hall–Kier alpha value is -2.96. The number of phenolic OH excluding ortho intramolecular Hbond substituents is 1. The number of phenols is 1. The monoisotopic (exact) mass is 348 g/mol. The largest absolute Gasteiger partial charge is 0.508 e. The van der Waals surface area contributed by atoms with Crippen molar-refractivity contribution in [3.8, 4) is 17.5 Å². The van der Waals surface area contributed by atoms with Crippen LogP contribution in [-0.4, -0.2) is 9.67 Å². The lowest BCUT2D eigenvalue weighted by molar-refractivity contribution is 0.475. The molecule has 3 aromatic rings. The van der Waals surface area contributed by atoms with E-state index in [-0.39, 0.29) is 5.75 Å². The van der Waals surface area contributed by atoms with Gasteiger partial charge in [0.2, 0.25) is 0 Å². The van der Waals surface area contributed by atoms with Gasteiger partial charge in [0.15, 0.2) is 0 Å². The second-order valence-corrected chi connectivity index (χ2v) is 6.24. The van der Waals surface area contributed by atoms with Gasteiger partial charge in [-0.15, -0.1) is 0 Å². The van der Waals surface area contributed by atoms with Gasteiger partial charge in [-0.3, -0.25) is 0 Å². The lowest BCUT2D eigenvalue weighted by Gasteiger charge is -2.09. The van der Waals surface area contributed by atoms with Crippen LogP contribution in [0.5, 0.6) is 5.75 Å². The van der Waals surface area contributed by atoms with Crippen LogP contribution in [0.25, 0.3) is 17.3 Å². The summed E-state index contributed by atoms with van der Waals surface area (Å²) in [7, 11) is 0. The average molecular weight is 349 g/mol. The molecule has 0 spiro atoms. The number of rotatable bonds is 3. The predicted octanol–water partition coefficient (Wildman–Crippen LogP) is 5.52. The quantitative estimate of drug-likeness (QED) is 0.634. The number of hydrogen-bond acceptors (Lipinski definition) is 2. The highest BCUT2D eigenvalue weighted by molar-refractivity contribution is 6.32. The zero-order chi connectivity index (χ0) is 18.0. The van der Waals surface area contributed by atoms with E-state index in [1.807, 2.05) is 56.3 Å². The number of aromatic hydroxyl groups is 1. The molecule has 0 atom stereocenters. The molecule has 0 saturated heterocycles. The lowest BCUT2D eigenvalue weighted by Crippen LogP contribution is -1.98. The molecule has 0 aliphatic heterocycles. The first kappa shape index (κ1) is 16.9. The zero-order valence-electron chi connectivity index (χ0n) is 14.0. The Morgan fingerprint density at radius 2 is 1.80 bits per heavy atom. The first-order valence-corrected chi connectivity index (χ1v) is 8.24. The minimum Gasteiger partial charge on any atom is -0.508 e. The summed E-state index contributed by atoms with van der Waals surface area (Å²) in [6.45, 7) is 4.02. The Labute approximate surface area is 152 Å². The SMILES string of the molecule is Cc1cc(C=C(C#N)c2ccccc2Cl)c(C)n1-c1ccc(O)cc1. The van der Waals surface area contributed by atoms with Gasteiger partial charge in [0.25, 0.3) is 0 Å². The fourth-order valence-electron chi connectivity index (χ4n) is 2.94. The van der Waals surface area contributed by atoms with Crippen LogP contribution >= 0.6 is 11.6 Å². The summed E-state index contributed by atoms with van der Waals surface area (Å²) in [6.07, 6.45) is 1.86. The lowest BCUT2D eigenvalue weighted by atomic mass is 10.0. The first-order chi connectivity index (χ1) is 12.0. The van der Waals surface area contributed by atoms with Gasteiger partial charge in [-0.1, -0.05) is 29.8 Å². The molecule has 0 radical (unpaired) electrons. The molecule has 0 unspecified atom stereocenters. The fraction of sp³-hybridized carbons (Fsp3) is 0.0952. The van der Waals surface area contributed by atoms with Crippen molar-refractivity contribution in [3.63, 3.8) is 0 Å². The molecule has 0 fully saturated rings. The second kappa shape index (κ2) is 6.88. The van der Waals surface area contributed by atoms with Crippen LogP contribution in [0.4, 0.5) is 0 Å². The van der Waals surface area contributed by atoms with Gasteiger partial charge in [-0.2, -0.15) is 5.26 Å². The van der Waals surface area contributed by atoms with Crippen LogP contribution < -0.4 is 0 Å². The maximum atomic E-state index is 9.57. The van der Waals surface area contributed by atoms with E-state index in [0.717, 1.165) is 28.2 Å². The second-order valence-electron chi connectivity index (χ2n) is 5.83. The summed E-state index contributed by atoms with van der Waals surface area (Å²) in [4.78, 5) is 0. The molecule has 25 heavy (non-hydrogen) atoms. The Bertz CT molecular complexity index is 992. The average Bonchev–Trinajstić information content (AvgIpc) is 2.88. The molecule has 1 aromatic heterocycles. The molecular weight excluding hydrogens is 332 g/mol. The number of hydrogen-bond donors (Lipinski definition) is 1. The zero-order valence-corrected chi connectivity index (χ0v) is 14.7. The summed E-state index contributed by atoms with van der Waals surface area (Å²) in [6, 6.07) is 18.7. The van der Waals surface area contributed by atoms with Gasteiger partial charge in [-0.05, 0) is 61.9 Å². The predicted molar refractivity (Wildman–Crippen MR) is 102 cm³/mol. The van der Waals surface area contributed by atoms with Crippen molar-refractivity contribution in [2.24, 2.45) is 0 Å². The minimum atomic E-state index is 0.233. The normalized spacial score (nSPS) is 11.4. The van der Waals surface area contributed by atoms with E-state index in [2.05, 4.69) is 10.6 Å². The molecule has 1 N–H and O–H groups in total. The number of benzene rings is 2. The number of nitrogens with zero attached hydrogens (tertiary/aromatic N) is 2. The summed E-state index contributed by atoms with van der Waals surface area (Å²) < 4.78 is 2.09. The van der Waals surface area contributed by atoms with Crippen LogP contribution in [0.2, 0.25) is 5.02 Å². The summed E-state index contributed by atoms with van der Waals surface area (Å²) in [5, 5.41) is 19.6. The van der Waals surface area contributed by atoms with E-state index in [1.54, 1.807) is 18.2 Å². The number of aromatic nitrogens is 1. The molecule has 0 aliphatic rings. The van der Waals surface area contributed by atoms with Gasteiger partial charge in [0.05, 0.1) is 11.6 Å². The number of allylic oxidation sites excluding steroid dienone is 1. The third-order valence-electron chi connectivity index (χ3n) is 4.16. The highest BCUT2D eigenvalue weighted by Crippen LogP contribution is 2.28. The van der Waals surface area contributed by atoms with Crippen molar-refractivity contribution in [3.05, 3.63) is 82.1 Å². The van der Waals surface area contributed by atoms with Crippen LogP contribution in [0.1, 0.15) is 22.5 Å². The van der Waals surface area contributed by atoms with Gasteiger partial charge < -0.3 is 9.67 Å². The molecule has 0 saturated carbocycles. The van der Waals surface area contributed by atoms with E-state index in [4.69, 9.17) is 11.6 Å². The van der Waals surface area contributed by atoms with E-state index in [0.29, 0.717) is 10.6 Å². The van der Waals surface area contributed by atoms with Crippen molar-refractivity contribution < 1.29 is 5.11 Å². The maximum absolute atomic E-state index is 9.57. The third-order valence-corrected chi connectivity index (χ3v) is 4.49. The Morgan fingerprint density at radius 1 is 1.12 bits per heavy atom. The van der Waals surface area contributed by atoms with Crippen molar-refractivity contribution in [2.45, 2.75) is 13.8 Å². The smallest absolute Gasteiger partial charge is 0.115 e. The summed E-state index contributed by atoms with van der Waals surface area (Å²) >= 11 is 6.23. The van der Waals surface area contributed by atoms with E-state index in [1.165, 1.54) is 0 Å². The molecule has 0 bridgehead atoms. The van der Waals surface area contributed by atoms with Gasteiger partial charge >= 0.3 is 0 Å². The van der Waals surface area contributed by atoms with Crippen molar-refractivity contribution >= 4 is 23.3 Å². The number of aryl methyl sites for hydroxylation is 1. The Kier molecular flexibility index (Phi) is 4.65. The first-order valence-electron chi connectivity index (χ1n) is 7.86. The van der Waals surface area contributed by atoms with Crippen LogP contribution in [0, 0.1) is 25.2 Å². The van der Waals surface area contributed by atoms with E-state index < -0.39 is 0 Å². The maximum Gasteiger partial charge on any atom is 0.115 e. The molecule has 3 nitrogen and oxygen atoms in total. The number of halogens is 1. The highest BCUT2D eigenvalue weighted by atomic mass is 35.5. The number of nitriles is 1. The summed E-state index contributed by atoms with van der Waals surface area (Å²) in [5.41, 5.74) is 5.23. The van der Waals surface area contributed by atoms with Crippen LogP contribution in [0.3, 0.4) is 0 Å². The van der Waals surface area contributed by atoms with E-state index in [9.17, 15) is 10.4 Å². The molecule has 3 rings (SSSR count). The third kappa shape index (κ3) is 3.31. The molecule has 0 aliphatic carbocycles. The fourth-order valence-corrected chi connectivity index (χ4v) is 3.18. The van der Waals surface area contributed by atoms with Crippen molar-refractivity contribution in [1.82, 2.24) is 4.57 Å². The van der Waals surface area contributed by atoms with Gasteiger partial charge in [0, 0.05) is 27.7 Å². The minimum absolute atomic E-state index is 0.233.